The number of rotatable bonds is 2. The third kappa shape index (κ3) is 3.80. The number of nitrogens with zero attached hydrogens (tertiary/aromatic N) is 2. The molecule has 0 atom stereocenters. The summed E-state index contributed by atoms with van der Waals surface area (Å²) in [6.07, 6.45) is 0.424. The van der Waals surface area contributed by atoms with Gasteiger partial charge in [0, 0.05) is 37.6 Å². The standard InChI is InChI=1S/C14H17BrN2O2/c1-11(18)16-6-8-17(9-7-16)14(19)10-12-2-4-13(15)5-3-12/h2-5H,6-10H2,1H3. The average molecular weight is 325 g/mol. The summed E-state index contributed by atoms with van der Waals surface area (Å²) in [7, 11) is 0. The van der Waals surface area contributed by atoms with Gasteiger partial charge in [0.25, 0.3) is 0 Å². The molecule has 1 saturated heterocycles. The van der Waals surface area contributed by atoms with Crippen LogP contribution in [0.3, 0.4) is 0 Å². The topological polar surface area (TPSA) is 40.6 Å². The normalized spacial score (nSPS) is 15.5. The fourth-order valence-electron chi connectivity index (χ4n) is 2.16. The van der Waals surface area contributed by atoms with Gasteiger partial charge < -0.3 is 9.80 Å². The second kappa shape index (κ2) is 6.19. The first-order valence-corrected chi connectivity index (χ1v) is 7.13. The van der Waals surface area contributed by atoms with Crippen LogP contribution in [0, 0.1) is 0 Å². The lowest BCUT2D eigenvalue weighted by atomic mass is 10.1. The first kappa shape index (κ1) is 14.1. The van der Waals surface area contributed by atoms with E-state index in [1.54, 1.807) is 11.8 Å². The number of amides is 2. The zero-order valence-corrected chi connectivity index (χ0v) is 12.5. The Bertz CT molecular complexity index is 465. The van der Waals surface area contributed by atoms with Crippen molar-refractivity contribution in [1.29, 1.82) is 0 Å². The molecule has 0 unspecified atom stereocenters. The zero-order valence-electron chi connectivity index (χ0n) is 10.9. The first-order valence-electron chi connectivity index (χ1n) is 6.34. The van der Waals surface area contributed by atoms with E-state index in [2.05, 4.69) is 15.9 Å². The van der Waals surface area contributed by atoms with E-state index in [4.69, 9.17) is 0 Å². The third-order valence-corrected chi connectivity index (χ3v) is 3.87. The molecule has 19 heavy (non-hydrogen) atoms. The second-order valence-corrected chi connectivity index (χ2v) is 5.61. The molecule has 1 aliphatic rings. The summed E-state index contributed by atoms with van der Waals surface area (Å²) in [4.78, 5) is 27.0. The van der Waals surface area contributed by atoms with Crippen LogP contribution in [-0.4, -0.2) is 47.8 Å². The molecule has 102 valence electrons. The lowest BCUT2D eigenvalue weighted by Gasteiger charge is -2.34. The number of carbonyl (C=O) groups excluding carboxylic acids is 2. The Balaban J connectivity index is 1.88. The van der Waals surface area contributed by atoms with Gasteiger partial charge in [-0.2, -0.15) is 0 Å². The second-order valence-electron chi connectivity index (χ2n) is 4.69. The van der Waals surface area contributed by atoms with Crippen molar-refractivity contribution in [3.8, 4) is 0 Å². The van der Waals surface area contributed by atoms with E-state index in [0.29, 0.717) is 32.6 Å². The Morgan fingerprint density at radius 1 is 1.05 bits per heavy atom. The van der Waals surface area contributed by atoms with Gasteiger partial charge in [0.05, 0.1) is 6.42 Å². The molecule has 0 radical (unpaired) electrons. The molecule has 1 aromatic rings. The van der Waals surface area contributed by atoms with Crippen LogP contribution in [0.25, 0.3) is 0 Å². The van der Waals surface area contributed by atoms with E-state index in [0.717, 1.165) is 10.0 Å². The molecule has 0 spiro atoms. The Labute approximate surface area is 121 Å². The van der Waals surface area contributed by atoms with Crippen molar-refractivity contribution >= 4 is 27.7 Å². The third-order valence-electron chi connectivity index (χ3n) is 3.35. The number of piperazine rings is 1. The fourth-order valence-corrected chi connectivity index (χ4v) is 2.42. The predicted molar refractivity (Wildman–Crippen MR) is 76.7 cm³/mol. The van der Waals surface area contributed by atoms with Crippen LogP contribution in [0.4, 0.5) is 0 Å². The SMILES string of the molecule is CC(=O)N1CCN(C(=O)Cc2ccc(Br)cc2)CC1. The number of hydrogen-bond donors (Lipinski definition) is 0. The maximum absolute atomic E-state index is 12.1. The van der Waals surface area contributed by atoms with Crippen LogP contribution in [-0.2, 0) is 16.0 Å². The Kier molecular flexibility index (Phi) is 4.58. The minimum Gasteiger partial charge on any atom is -0.339 e. The lowest BCUT2D eigenvalue weighted by Crippen LogP contribution is -2.50. The predicted octanol–water partition coefficient (Wildman–Crippen LogP) is 1.68. The van der Waals surface area contributed by atoms with Gasteiger partial charge in [-0.1, -0.05) is 28.1 Å². The maximum Gasteiger partial charge on any atom is 0.227 e. The number of halogens is 1. The van der Waals surface area contributed by atoms with Crippen LogP contribution in [0.2, 0.25) is 0 Å². The molecule has 0 N–H and O–H groups in total. The van der Waals surface area contributed by atoms with Crippen molar-refractivity contribution in [3.05, 3.63) is 34.3 Å². The highest BCUT2D eigenvalue weighted by atomic mass is 79.9. The van der Waals surface area contributed by atoms with Crippen LogP contribution in [0.15, 0.2) is 28.7 Å². The summed E-state index contributed by atoms with van der Waals surface area (Å²) < 4.78 is 1.01. The summed E-state index contributed by atoms with van der Waals surface area (Å²) in [5.41, 5.74) is 1.02. The summed E-state index contributed by atoms with van der Waals surface area (Å²) in [5.74, 6) is 0.213. The van der Waals surface area contributed by atoms with Gasteiger partial charge in [0.2, 0.25) is 11.8 Å². The highest BCUT2D eigenvalue weighted by Crippen LogP contribution is 2.12. The molecule has 1 aromatic carbocycles. The van der Waals surface area contributed by atoms with Crippen molar-refractivity contribution in [2.45, 2.75) is 13.3 Å². The molecular formula is C14H17BrN2O2. The molecule has 2 amide bonds. The Hall–Kier alpha value is -1.36. The molecule has 0 saturated carbocycles. The monoisotopic (exact) mass is 324 g/mol. The fraction of sp³-hybridized carbons (Fsp3) is 0.429. The number of carbonyl (C=O) groups is 2. The van der Waals surface area contributed by atoms with Crippen LogP contribution < -0.4 is 0 Å². The Morgan fingerprint density at radius 2 is 1.58 bits per heavy atom. The molecule has 1 fully saturated rings. The summed E-state index contributed by atoms with van der Waals surface area (Å²) >= 11 is 3.38. The van der Waals surface area contributed by atoms with Gasteiger partial charge in [-0.05, 0) is 17.7 Å². The van der Waals surface area contributed by atoms with Crippen LogP contribution in [0.5, 0.6) is 0 Å². The van der Waals surface area contributed by atoms with E-state index in [1.807, 2.05) is 29.2 Å². The van der Waals surface area contributed by atoms with Gasteiger partial charge in [0.1, 0.15) is 0 Å². The highest BCUT2D eigenvalue weighted by Gasteiger charge is 2.22. The van der Waals surface area contributed by atoms with Crippen molar-refractivity contribution in [1.82, 2.24) is 9.80 Å². The quantitative estimate of drug-likeness (QED) is 0.830. The minimum absolute atomic E-state index is 0.0833. The molecule has 1 aliphatic heterocycles. The summed E-state index contributed by atoms with van der Waals surface area (Å²) in [6, 6.07) is 7.79. The van der Waals surface area contributed by atoms with Gasteiger partial charge >= 0.3 is 0 Å². The van der Waals surface area contributed by atoms with Gasteiger partial charge in [-0.3, -0.25) is 9.59 Å². The van der Waals surface area contributed by atoms with E-state index < -0.39 is 0 Å². The zero-order chi connectivity index (χ0) is 13.8. The summed E-state index contributed by atoms with van der Waals surface area (Å²) in [6.45, 7) is 4.12. The van der Waals surface area contributed by atoms with Crippen molar-refractivity contribution in [2.75, 3.05) is 26.2 Å². The lowest BCUT2D eigenvalue weighted by molar-refractivity contribution is -0.138. The van der Waals surface area contributed by atoms with Gasteiger partial charge in [-0.25, -0.2) is 0 Å². The van der Waals surface area contributed by atoms with E-state index in [9.17, 15) is 9.59 Å². The molecule has 0 aliphatic carbocycles. The van der Waals surface area contributed by atoms with Crippen molar-refractivity contribution < 1.29 is 9.59 Å². The van der Waals surface area contributed by atoms with Crippen molar-refractivity contribution in [2.24, 2.45) is 0 Å². The van der Waals surface area contributed by atoms with Crippen LogP contribution >= 0.6 is 15.9 Å². The van der Waals surface area contributed by atoms with E-state index in [1.165, 1.54) is 0 Å². The molecule has 4 nitrogen and oxygen atoms in total. The molecule has 5 heteroatoms. The average Bonchev–Trinajstić information content (AvgIpc) is 2.41. The number of benzene rings is 1. The highest BCUT2D eigenvalue weighted by molar-refractivity contribution is 9.10. The first-order chi connectivity index (χ1) is 9.06. The number of hydrogen-bond acceptors (Lipinski definition) is 2. The summed E-state index contributed by atoms with van der Waals surface area (Å²) in [5, 5.41) is 0. The van der Waals surface area contributed by atoms with Gasteiger partial charge in [-0.15, -0.1) is 0 Å². The maximum atomic E-state index is 12.1. The molecule has 2 rings (SSSR count). The molecule has 1 heterocycles. The molecular weight excluding hydrogens is 308 g/mol. The van der Waals surface area contributed by atoms with Gasteiger partial charge in [0.15, 0.2) is 0 Å². The van der Waals surface area contributed by atoms with Crippen LogP contribution in [0.1, 0.15) is 12.5 Å². The molecule has 0 aromatic heterocycles. The van der Waals surface area contributed by atoms with E-state index in [-0.39, 0.29) is 11.8 Å². The molecule has 0 bridgehead atoms. The smallest absolute Gasteiger partial charge is 0.227 e. The minimum atomic E-state index is 0.0833. The largest absolute Gasteiger partial charge is 0.339 e. The Morgan fingerprint density at radius 3 is 2.11 bits per heavy atom. The van der Waals surface area contributed by atoms with Crippen molar-refractivity contribution in [3.63, 3.8) is 0 Å². The van der Waals surface area contributed by atoms with E-state index >= 15 is 0 Å².